The van der Waals surface area contributed by atoms with E-state index in [0.717, 1.165) is 0 Å². The average Bonchev–Trinajstić information content (AvgIpc) is 2.83. The lowest BCUT2D eigenvalue weighted by Crippen LogP contribution is -2.34. The van der Waals surface area contributed by atoms with E-state index in [1.54, 1.807) is 43.4 Å². The molecule has 0 aromatic carbocycles. The second-order valence-corrected chi connectivity index (χ2v) is 16.3. The molecule has 0 aromatic rings. The second-order valence-electron chi connectivity index (χ2n) is 11.3. The Labute approximate surface area is 213 Å². The number of allylic oxidation sites excluding steroid dienone is 1. The van der Waals surface area contributed by atoms with Gasteiger partial charge in [0.15, 0.2) is 0 Å². The van der Waals surface area contributed by atoms with E-state index in [2.05, 4.69) is 33.4 Å². The van der Waals surface area contributed by atoms with Gasteiger partial charge in [-0.05, 0) is 12.8 Å². The van der Waals surface area contributed by atoms with Gasteiger partial charge in [-0.2, -0.15) is 0 Å². The Kier molecular flexibility index (Phi) is 26.5. The Balaban J connectivity index is 4.75. The Morgan fingerprint density at radius 3 is 0.970 bits per heavy atom. The van der Waals surface area contributed by atoms with Crippen molar-refractivity contribution < 1.29 is 0 Å². The van der Waals surface area contributed by atoms with Crippen LogP contribution in [0.3, 0.4) is 0 Å². The standard InChI is InChI=1S/C32H66Si/c1-5-9-13-17-21-25-29-33(30-26-22-18-14-10-6-2,31-27-23-19-15-11-7-3)32-28-24-20-16-12-8-4/h5H,1,6-32H2,2-4H3. The molecular weight excluding hydrogens is 412 g/mol. The van der Waals surface area contributed by atoms with Gasteiger partial charge in [-0.25, -0.2) is 0 Å². The summed E-state index contributed by atoms with van der Waals surface area (Å²) in [7, 11) is -1.09. The van der Waals surface area contributed by atoms with Crippen LogP contribution in [0.1, 0.15) is 168 Å². The molecule has 0 saturated heterocycles. The Morgan fingerprint density at radius 1 is 0.394 bits per heavy atom. The molecule has 198 valence electrons. The lowest BCUT2D eigenvalue weighted by molar-refractivity contribution is 0.601. The number of unbranched alkanes of at least 4 members (excludes halogenated alkanes) is 19. The van der Waals surface area contributed by atoms with Crippen molar-refractivity contribution in [1.82, 2.24) is 0 Å². The third-order valence-corrected chi connectivity index (χ3v) is 13.7. The van der Waals surface area contributed by atoms with E-state index in [4.69, 9.17) is 0 Å². The first-order valence-corrected chi connectivity index (χ1v) is 18.7. The van der Waals surface area contributed by atoms with Gasteiger partial charge in [0.05, 0.1) is 8.07 Å². The molecule has 0 aliphatic carbocycles. The lowest BCUT2D eigenvalue weighted by atomic mass is 10.1. The summed E-state index contributed by atoms with van der Waals surface area (Å²) in [5.74, 6) is 0. The fourth-order valence-electron chi connectivity index (χ4n) is 5.73. The van der Waals surface area contributed by atoms with Crippen LogP contribution in [0, 0.1) is 0 Å². The monoisotopic (exact) mass is 478 g/mol. The molecule has 0 fully saturated rings. The normalized spacial score (nSPS) is 11.8. The Morgan fingerprint density at radius 2 is 0.667 bits per heavy atom. The van der Waals surface area contributed by atoms with E-state index in [0.29, 0.717) is 0 Å². The molecule has 0 amide bonds. The van der Waals surface area contributed by atoms with Gasteiger partial charge >= 0.3 is 0 Å². The zero-order valence-electron chi connectivity index (χ0n) is 23.9. The highest BCUT2D eigenvalue weighted by Crippen LogP contribution is 2.35. The van der Waals surface area contributed by atoms with Crippen molar-refractivity contribution in [1.29, 1.82) is 0 Å². The van der Waals surface area contributed by atoms with E-state index in [9.17, 15) is 0 Å². The maximum atomic E-state index is 3.91. The van der Waals surface area contributed by atoms with Crippen LogP contribution in [0.2, 0.25) is 24.2 Å². The minimum absolute atomic E-state index is 1.09. The summed E-state index contributed by atoms with van der Waals surface area (Å²) < 4.78 is 0. The molecule has 0 spiro atoms. The summed E-state index contributed by atoms with van der Waals surface area (Å²) in [5, 5.41) is 0. The molecule has 33 heavy (non-hydrogen) atoms. The molecule has 0 heterocycles. The first kappa shape index (κ1) is 33.0. The largest absolute Gasteiger partial charge is 0.103 e. The van der Waals surface area contributed by atoms with E-state index in [-0.39, 0.29) is 0 Å². The number of hydrogen-bond acceptors (Lipinski definition) is 0. The summed E-state index contributed by atoms with van der Waals surface area (Å²) in [6.45, 7) is 10.9. The van der Waals surface area contributed by atoms with Gasteiger partial charge in [0.25, 0.3) is 0 Å². The Hall–Kier alpha value is -0.0431. The van der Waals surface area contributed by atoms with Crippen molar-refractivity contribution in [3.63, 3.8) is 0 Å². The third kappa shape index (κ3) is 22.2. The van der Waals surface area contributed by atoms with Crippen LogP contribution in [0.5, 0.6) is 0 Å². The van der Waals surface area contributed by atoms with Crippen LogP contribution in [-0.4, -0.2) is 8.07 Å². The molecule has 0 radical (unpaired) electrons. The molecule has 0 N–H and O–H groups in total. The predicted molar refractivity (Wildman–Crippen MR) is 158 cm³/mol. The molecule has 0 bridgehead atoms. The Bertz CT molecular complexity index is 334. The summed E-state index contributed by atoms with van der Waals surface area (Å²) >= 11 is 0. The highest BCUT2D eigenvalue weighted by Gasteiger charge is 2.30. The van der Waals surface area contributed by atoms with E-state index >= 15 is 0 Å². The van der Waals surface area contributed by atoms with Crippen LogP contribution in [0.15, 0.2) is 12.7 Å². The highest BCUT2D eigenvalue weighted by atomic mass is 28.3. The van der Waals surface area contributed by atoms with Gasteiger partial charge in [0.1, 0.15) is 0 Å². The molecule has 0 saturated carbocycles. The third-order valence-electron chi connectivity index (χ3n) is 8.05. The molecule has 0 rings (SSSR count). The van der Waals surface area contributed by atoms with E-state index in [1.807, 2.05) is 0 Å². The summed E-state index contributed by atoms with van der Waals surface area (Å²) in [6, 6.07) is 6.64. The van der Waals surface area contributed by atoms with E-state index in [1.165, 1.54) is 128 Å². The van der Waals surface area contributed by atoms with Crippen molar-refractivity contribution in [3.8, 4) is 0 Å². The summed E-state index contributed by atoms with van der Waals surface area (Å²) in [5.41, 5.74) is 0. The minimum Gasteiger partial charge on any atom is -0.103 e. The van der Waals surface area contributed by atoms with Crippen LogP contribution >= 0.6 is 0 Å². The topological polar surface area (TPSA) is 0 Å². The van der Waals surface area contributed by atoms with Gasteiger partial charge in [0.2, 0.25) is 0 Å². The van der Waals surface area contributed by atoms with Gasteiger partial charge in [-0.3, -0.25) is 0 Å². The first-order valence-electron chi connectivity index (χ1n) is 15.9. The van der Waals surface area contributed by atoms with Gasteiger partial charge < -0.3 is 0 Å². The average molecular weight is 479 g/mol. The number of rotatable bonds is 28. The molecule has 0 aromatic heterocycles. The van der Waals surface area contributed by atoms with Crippen LogP contribution in [0.25, 0.3) is 0 Å². The maximum Gasteiger partial charge on any atom is 0.0535 e. The fraction of sp³-hybridized carbons (Fsp3) is 0.938. The molecular formula is C32H66Si. The van der Waals surface area contributed by atoms with Crippen LogP contribution < -0.4 is 0 Å². The molecule has 0 aliphatic rings. The van der Waals surface area contributed by atoms with Crippen molar-refractivity contribution >= 4 is 8.07 Å². The molecule has 1 heteroatoms. The predicted octanol–water partition coefficient (Wildman–Crippen LogP) is 12.7. The van der Waals surface area contributed by atoms with Crippen molar-refractivity contribution in [2.45, 2.75) is 193 Å². The van der Waals surface area contributed by atoms with Gasteiger partial charge in [0, 0.05) is 0 Å². The summed E-state index contributed by atoms with van der Waals surface area (Å²) in [6.07, 6.45) is 35.7. The minimum atomic E-state index is -1.09. The zero-order valence-corrected chi connectivity index (χ0v) is 24.9. The molecule has 0 unspecified atom stereocenters. The van der Waals surface area contributed by atoms with Crippen LogP contribution in [0.4, 0.5) is 0 Å². The van der Waals surface area contributed by atoms with Crippen molar-refractivity contribution in [3.05, 3.63) is 12.7 Å². The second kappa shape index (κ2) is 26.6. The zero-order chi connectivity index (χ0) is 24.3. The lowest BCUT2D eigenvalue weighted by Gasteiger charge is -2.33. The first-order chi connectivity index (χ1) is 16.2. The SMILES string of the molecule is C=CCCCCCC[Si](CCCCCCCC)(CCCCCCCC)CCCCCCCC. The van der Waals surface area contributed by atoms with Crippen molar-refractivity contribution in [2.75, 3.05) is 0 Å². The molecule has 0 atom stereocenters. The number of hydrogen-bond donors (Lipinski definition) is 0. The smallest absolute Gasteiger partial charge is 0.0535 e. The van der Waals surface area contributed by atoms with Gasteiger partial charge in [-0.1, -0.05) is 186 Å². The van der Waals surface area contributed by atoms with Crippen molar-refractivity contribution in [2.24, 2.45) is 0 Å². The molecule has 0 aliphatic heterocycles. The highest BCUT2D eigenvalue weighted by molar-refractivity contribution is 6.79. The quantitative estimate of drug-likeness (QED) is 0.0595. The fourth-order valence-corrected chi connectivity index (χ4v) is 11.2. The maximum absolute atomic E-state index is 3.91. The van der Waals surface area contributed by atoms with E-state index < -0.39 is 8.07 Å². The summed E-state index contributed by atoms with van der Waals surface area (Å²) in [4.78, 5) is 0. The molecule has 0 nitrogen and oxygen atoms in total. The van der Waals surface area contributed by atoms with Crippen LogP contribution in [-0.2, 0) is 0 Å². The van der Waals surface area contributed by atoms with Gasteiger partial charge in [-0.15, -0.1) is 6.58 Å².